The third kappa shape index (κ3) is 1.76. The van der Waals surface area contributed by atoms with Crippen LogP contribution in [-0.4, -0.2) is 10.7 Å². The lowest BCUT2D eigenvalue weighted by atomic mass is 9.76. The fourth-order valence-corrected chi connectivity index (χ4v) is 3.35. The third-order valence-electron chi connectivity index (χ3n) is 4.36. The van der Waals surface area contributed by atoms with Crippen molar-refractivity contribution in [3.05, 3.63) is 0 Å². The molecule has 13 heavy (non-hydrogen) atoms. The molecule has 2 saturated carbocycles. The molecule has 0 amide bonds. The second-order valence-electron chi connectivity index (χ2n) is 5.19. The van der Waals surface area contributed by atoms with E-state index in [-0.39, 0.29) is 5.60 Å². The normalized spacial score (nSPS) is 27.2. The fourth-order valence-electron chi connectivity index (χ4n) is 3.35. The molecule has 0 heterocycles. The van der Waals surface area contributed by atoms with Gasteiger partial charge in [0.05, 0.1) is 5.60 Å². The van der Waals surface area contributed by atoms with Crippen molar-refractivity contribution < 1.29 is 5.11 Å². The molecule has 0 atom stereocenters. The quantitative estimate of drug-likeness (QED) is 0.695. The van der Waals surface area contributed by atoms with Crippen LogP contribution in [-0.2, 0) is 0 Å². The molecular weight excluding hydrogens is 160 g/mol. The minimum Gasteiger partial charge on any atom is -0.390 e. The summed E-state index contributed by atoms with van der Waals surface area (Å²) in [6.45, 7) is 2.10. The van der Waals surface area contributed by atoms with Crippen LogP contribution in [0, 0.1) is 11.8 Å². The van der Waals surface area contributed by atoms with Gasteiger partial charge < -0.3 is 5.11 Å². The molecule has 2 fully saturated rings. The second-order valence-corrected chi connectivity index (χ2v) is 5.19. The van der Waals surface area contributed by atoms with Gasteiger partial charge in [-0.2, -0.15) is 0 Å². The van der Waals surface area contributed by atoms with Crippen LogP contribution in [0.5, 0.6) is 0 Å². The van der Waals surface area contributed by atoms with Gasteiger partial charge in [0, 0.05) is 0 Å². The minimum atomic E-state index is -0.340. The predicted octanol–water partition coefficient (Wildman–Crippen LogP) is 3.12. The highest BCUT2D eigenvalue weighted by atomic mass is 16.3. The van der Waals surface area contributed by atoms with Gasteiger partial charge in [-0.3, -0.25) is 0 Å². The van der Waals surface area contributed by atoms with Crippen molar-refractivity contribution in [2.24, 2.45) is 11.8 Å². The second kappa shape index (κ2) is 3.61. The van der Waals surface area contributed by atoms with Gasteiger partial charge in [-0.05, 0) is 44.4 Å². The van der Waals surface area contributed by atoms with E-state index in [2.05, 4.69) is 6.92 Å². The molecule has 0 radical (unpaired) electrons. The molecule has 2 aliphatic carbocycles. The van der Waals surface area contributed by atoms with E-state index >= 15 is 0 Å². The summed E-state index contributed by atoms with van der Waals surface area (Å²) in [5, 5.41) is 10.5. The lowest BCUT2D eigenvalue weighted by Crippen LogP contribution is -2.40. The Balaban J connectivity index is 1.99. The summed E-state index contributed by atoms with van der Waals surface area (Å²) in [5.74, 6) is 1.21. The topological polar surface area (TPSA) is 20.2 Å². The lowest BCUT2D eigenvalue weighted by molar-refractivity contribution is -0.0496. The van der Waals surface area contributed by atoms with Crippen LogP contribution < -0.4 is 0 Å². The Morgan fingerprint density at radius 3 is 1.46 bits per heavy atom. The van der Waals surface area contributed by atoms with E-state index in [0.29, 0.717) is 11.8 Å². The molecule has 0 aromatic carbocycles. The van der Waals surface area contributed by atoms with Crippen molar-refractivity contribution in [1.29, 1.82) is 0 Å². The van der Waals surface area contributed by atoms with Gasteiger partial charge in [-0.1, -0.05) is 25.7 Å². The van der Waals surface area contributed by atoms with Crippen molar-refractivity contribution >= 4 is 0 Å². The molecule has 2 aliphatic rings. The standard InChI is InChI=1S/C12H22O/c1-12(13,10-6-2-3-7-10)11-8-4-5-9-11/h10-11,13H,2-9H2,1H3. The van der Waals surface area contributed by atoms with E-state index in [1.807, 2.05) is 0 Å². The zero-order valence-electron chi connectivity index (χ0n) is 8.76. The maximum atomic E-state index is 10.5. The lowest BCUT2D eigenvalue weighted by Gasteiger charge is -2.36. The number of hydrogen-bond acceptors (Lipinski definition) is 1. The van der Waals surface area contributed by atoms with Gasteiger partial charge in [0.2, 0.25) is 0 Å². The molecule has 2 rings (SSSR count). The van der Waals surface area contributed by atoms with E-state index in [9.17, 15) is 5.11 Å². The van der Waals surface area contributed by atoms with Crippen molar-refractivity contribution in [1.82, 2.24) is 0 Å². The van der Waals surface area contributed by atoms with Crippen molar-refractivity contribution in [3.8, 4) is 0 Å². The van der Waals surface area contributed by atoms with Crippen LogP contribution in [0.4, 0.5) is 0 Å². The maximum absolute atomic E-state index is 10.5. The van der Waals surface area contributed by atoms with Crippen LogP contribution in [0.25, 0.3) is 0 Å². The molecule has 0 aromatic heterocycles. The molecule has 0 spiro atoms. The summed E-state index contributed by atoms with van der Waals surface area (Å²) < 4.78 is 0. The van der Waals surface area contributed by atoms with Gasteiger partial charge in [0.25, 0.3) is 0 Å². The van der Waals surface area contributed by atoms with Crippen molar-refractivity contribution in [3.63, 3.8) is 0 Å². The summed E-state index contributed by atoms with van der Waals surface area (Å²) in [6.07, 6.45) is 10.4. The van der Waals surface area contributed by atoms with Crippen molar-refractivity contribution in [2.75, 3.05) is 0 Å². The Bertz CT molecular complexity index is 144. The van der Waals surface area contributed by atoms with Gasteiger partial charge >= 0.3 is 0 Å². The first-order valence-corrected chi connectivity index (χ1v) is 5.93. The Labute approximate surface area is 81.5 Å². The van der Waals surface area contributed by atoms with Gasteiger partial charge in [-0.25, -0.2) is 0 Å². The molecule has 0 unspecified atom stereocenters. The molecule has 0 saturated heterocycles. The molecule has 1 nitrogen and oxygen atoms in total. The average Bonchev–Trinajstić information content (AvgIpc) is 2.78. The zero-order valence-corrected chi connectivity index (χ0v) is 8.76. The van der Waals surface area contributed by atoms with Crippen LogP contribution in [0.15, 0.2) is 0 Å². The summed E-state index contributed by atoms with van der Waals surface area (Å²) in [5.41, 5.74) is -0.340. The summed E-state index contributed by atoms with van der Waals surface area (Å²) in [6, 6.07) is 0. The monoisotopic (exact) mass is 182 g/mol. The summed E-state index contributed by atoms with van der Waals surface area (Å²) >= 11 is 0. The van der Waals surface area contributed by atoms with E-state index in [1.54, 1.807) is 0 Å². The molecule has 1 N–H and O–H groups in total. The van der Waals surface area contributed by atoms with Crippen LogP contribution in [0.1, 0.15) is 58.3 Å². The van der Waals surface area contributed by atoms with E-state index < -0.39 is 0 Å². The minimum absolute atomic E-state index is 0.340. The van der Waals surface area contributed by atoms with Crippen LogP contribution >= 0.6 is 0 Å². The molecular formula is C12H22O. The van der Waals surface area contributed by atoms with Gasteiger partial charge in [0.15, 0.2) is 0 Å². The molecule has 76 valence electrons. The van der Waals surface area contributed by atoms with Crippen LogP contribution in [0.2, 0.25) is 0 Å². The van der Waals surface area contributed by atoms with E-state index in [1.165, 1.54) is 51.4 Å². The van der Waals surface area contributed by atoms with Crippen molar-refractivity contribution in [2.45, 2.75) is 63.9 Å². The first-order valence-electron chi connectivity index (χ1n) is 5.93. The number of rotatable bonds is 2. The molecule has 0 aliphatic heterocycles. The average molecular weight is 182 g/mol. The van der Waals surface area contributed by atoms with E-state index in [0.717, 1.165) is 0 Å². The number of hydrogen-bond donors (Lipinski definition) is 1. The molecule has 1 heteroatoms. The maximum Gasteiger partial charge on any atom is 0.0675 e. The third-order valence-corrected chi connectivity index (χ3v) is 4.36. The Morgan fingerprint density at radius 2 is 1.15 bits per heavy atom. The predicted molar refractivity (Wildman–Crippen MR) is 54.5 cm³/mol. The first kappa shape index (κ1) is 9.51. The highest BCUT2D eigenvalue weighted by Gasteiger charge is 2.41. The Morgan fingerprint density at radius 1 is 0.846 bits per heavy atom. The smallest absolute Gasteiger partial charge is 0.0675 e. The first-order chi connectivity index (χ1) is 6.21. The molecule has 0 bridgehead atoms. The number of aliphatic hydroxyl groups is 1. The summed E-state index contributed by atoms with van der Waals surface area (Å²) in [7, 11) is 0. The molecule has 0 aromatic rings. The Hall–Kier alpha value is -0.0400. The zero-order chi connectivity index (χ0) is 9.31. The summed E-state index contributed by atoms with van der Waals surface area (Å²) in [4.78, 5) is 0. The highest BCUT2D eigenvalue weighted by molar-refractivity contribution is 4.92. The fraction of sp³-hybridized carbons (Fsp3) is 1.00. The van der Waals surface area contributed by atoms with Crippen LogP contribution in [0.3, 0.4) is 0 Å². The van der Waals surface area contributed by atoms with E-state index in [4.69, 9.17) is 0 Å². The highest BCUT2D eigenvalue weighted by Crippen LogP contribution is 2.43. The van der Waals surface area contributed by atoms with Gasteiger partial charge in [0.1, 0.15) is 0 Å². The Kier molecular flexibility index (Phi) is 2.64. The largest absolute Gasteiger partial charge is 0.390 e. The van der Waals surface area contributed by atoms with Gasteiger partial charge in [-0.15, -0.1) is 0 Å². The SMILES string of the molecule is CC(O)(C1CCCC1)C1CCCC1.